The van der Waals surface area contributed by atoms with Crippen molar-refractivity contribution in [1.29, 1.82) is 0 Å². The fourth-order valence-electron chi connectivity index (χ4n) is 1.23. The predicted molar refractivity (Wildman–Crippen MR) is 52.2 cm³/mol. The van der Waals surface area contributed by atoms with E-state index in [2.05, 4.69) is 9.72 Å². The van der Waals surface area contributed by atoms with Crippen molar-refractivity contribution in [2.24, 2.45) is 0 Å². The van der Waals surface area contributed by atoms with Crippen molar-refractivity contribution in [2.45, 2.75) is 19.2 Å². The summed E-state index contributed by atoms with van der Waals surface area (Å²) in [6, 6.07) is 0. The lowest BCUT2D eigenvalue weighted by molar-refractivity contribution is -0.275. The Hall–Kier alpha value is -1.64. The number of carbonyl (C=O) groups is 1. The molecule has 0 aliphatic rings. The summed E-state index contributed by atoms with van der Waals surface area (Å²) >= 11 is 5.41. The molecular weight excluding hydrogens is 301 g/mol. The molecule has 10 heteroatoms. The van der Waals surface area contributed by atoms with Gasteiger partial charge in [0.25, 0.3) is 6.43 Å². The largest absolute Gasteiger partial charge is 0.573 e. The smallest absolute Gasteiger partial charge is 0.481 e. The number of pyridine rings is 1. The average Bonchev–Trinajstić information content (AvgIpc) is 2.20. The standard InChI is InChI=1S/C9H5ClF5NO3/c10-7-3(1-5(17)18)6(19-9(13,14)15)4(2-16-7)8(11)12/h2,8H,1H2,(H,17,18). The molecule has 0 unspecified atom stereocenters. The first-order valence-electron chi connectivity index (χ1n) is 4.54. The van der Waals surface area contributed by atoms with E-state index in [0.717, 1.165) is 0 Å². The fourth-order valence-corrected chi connectivity index (χ4v) is 1.43. The summed E-state index contributed by atoms with van der Waals surface area (Å²) in [6.45, 7) is 0. The van der Waals surface area contributed by atoms with Crippen LogP contribution in [-0.4, -0.2) is 22.4 Å². The Labute approximate surface area is 107 Å². The van der Waals surface area contributed by atoms with Gasteiger partial charge in [0.05, 0.1) is 12.0 Å². The van der Waals surface area contributed by atoms with Gasteiger partial charge in [-0.3, -0.25) is 4.79 Å². The minimum atomic E-state index is -5.26. The van der Waals surface area contributed by atoms with E-state index in [1.54, 1.807) is 0 Å². The molecule has 0 spiro atoms. The number of nitrogens with zero attached hydrogens (tertiary/aromatic N) is 1. The third-order valence-corrected chi connectivity index (χ3v) is 2.21. The van der Waals surface area contributed by atoms with Crippen LogP contribution in [0.4, 0.5) is 22.0 Å². The summed E-state index contributed by atoms with van der Waals surface area (Å²) in [5.41, 5.74) is -1.94. The van der Waals surface area contributed by atoms with Crippen LogP contribution in [0.1, 0.15) is 17.6 Å². The van der Waals surface area contributed by atoms with E-state index in [1.807, 2.05) is 0 Å². The van der Waals surface area contributed by atoms with Crippen LogP contribution in [0.15, 0.2) is 6.20 Å². The Kier molecular flexibility index (Phi) is 4.51. The Morgan fingerprint density at radius 1 is 1.47 bits per heavy atom. The van der Waals surface area contributed by atoms with Crippen LogP contribution in [0.2, 0.25) is 5.15 Å². The number of carboxylic acid groups (broad SMARTS) is 1. The van der Waals surface area contributed by atoms with Gasteiger partial charge >= 0.3 is 12.3 Å². The molecule has 1 aromatic rings. The van der Waals surface area contributed by atoms with Gasteiger partial charge in [-0.1, -0.05) is 11.6 Å². The summed E-state index contributed by atoms with van der Waals surface area (Å²) < 4.78 is 65.1. The lowest BCUT2D eigenvalue weighted by Gasteiger charge is -2.16. The van der Waals surface area contributed by atoms with Gasteiger partial charge < -0.3 is 9.84 Å². The Morgan fingerprint density at radius 3 is 2.47 bits per heavy atom. The number of aromatic nitrogens is 1. The van der Waals surface area contributed by atoms with E-state index < -0.39 is 47.2 Å². The Balaban J connectivity index is 3.40. The second kappa shape index (κ2) is 5.55. The zero-order valence-electron chi connectivity index (χ0n) is 8.84. The summed E-state index contributed by atoms with van der Waals surface area (Å²) in [4.78, 5) is 13.7. The van der Waals surface area contributed by atoms with Crippen molar-refractivity contribution in [3.05, 3.63) is 22.5 Å². The number of hydrogen-bond acceptors (Lipinski definition) is 3. The minimum absolute atomic E-state index is 0.402. The molecule has 0 aromatic carbocycles. The zero-order chi connectivity index (χ0) is 14.8. The maximum Gasteiger partial charge on any atom is 0.573 e. The van der Waals surface area contributed by atoms with Crippen LogP contribution in [-0.2, 0) is 11.2 Å². The van der Waals surface area contributed by atoms with Crippen molar-refractivity contribution < 1.29 is 36.6 Å². The number of hydrogen-bond donors (Lipinski definition) is 1. The third-order valence-electron chi connectivity index (χ3n) is 1.88. The highest BCUT2D eigenvalue weighted by Gasteiger charge is 2.35. The van der Waals surface area contributed by atoms with Crippen molar-refractivity contribution in [2.75, 3.05) is 0 Å². The normalized spacial score (nSPS) is 11.7. The van der Waals surface area contributed by atoms with Gasteiger partial charge in [-0.05, 0) is 0 Å². The molecule has 0 amide bonds. The number of carboxylic acids is 1. The number of aliphatic carboxylic acids is 1. The van der Waals surface area contributed by atoms with E-state index in [4.69, 9.17) is 16.7 Å². The molecule has 0 radical (unpaired) electrons. The average molecular weight is 306 g/mol. The SMILES string of the molecule is O=C(O)Cc1c(Cl)ncc(C(F)F)c1OC(F)(F)F. The molecule has 0 fully saturated rings. The summed E-state index contributed by atoms with van der Waals surface area (Å²) in [5.74, 6) is -2.90. The fraction of sp³-hybridized carbons (Fsp3) is 0.333. The molecule has 19 heavy (non-hydrogen) atoms. The van der Waals surface area contributed by atoms with Crippen LogP contribution in [0.5, 0.6) is 5.75 Å². The first kappa shape index (κ1) is 15.4. The molecule has 0 saturated carbocycles. The van der Waals surface area contributed by atoms with Crippen LogP contribution in [0, 0.1) is 0 Å². The maximum atomic E-state index is 12.6. The molecule has 1 rings (SSSR count). The van der Waals surface area contributed by atoms with Gasteiger partial charge in [0.15, 0.2) is 0 Å². The van der Waals surface area contributed by atoms with E-state index in [1.165, 1.54) is 0 Å². The Bertz CT molecular complexity index is 491. The molecule has 1 N–H and O–H groups in total. The molecule has 0 aliphatic carbocycles. The van der Waals surface area contributed by atoms with E-state index in [-0.39, 0.29) is 0 Å². The van der Waals surface area contributed by atoms with E-state index >= 15 is 0 Å². The molecule has 0 bridgehead atoms. The zero-order valence-corrected chi connectivity index (χ0v) is 9.60. The van der Waals surface area contributed by atoms with Gasteiger partial charge in [-0.25, -0.2) is 13.8 Å². The quantitative estimate of drug-likeness (QED) is 0.685. The van der Waals surface area contributed by atoms with E-state index in [9.17, 15) is 26.7 Å². The summed E-state index contributed by atoms with van der Waals surface area (Å²) in [7, 11) is 0. The molecule has 1 aromatic heterocycles. The second-order valence-corrected chi connectivity index (χ2v) is 3.59. The topological polar surface area (TPSA) is 59.4 Å². The highest BCUT2D eigenvalue weighted by molar-refractivity contribution is 6.30. The van der Waals surface area contributed by atoms with Gasteiger partial charge in [0, 0.05) is 11.8 Å². The first-order chi connectivity index (χ1) is 8.61. The molecular formula is C9H5ClF5NO3. The highest BCUT2D eigenvalue weighted by atomic mass is 35.5. The molecule has 106 valence electrons. The van der Waals surface area contributed by atoms with Gasteiger partial charge in [-0.15, -0.1) is 13.2 Å². The number of rotatable bonds is 4. The second-order valence-electron chi connectivity index (χ2n) is 3.23. The third kappa shape index (κ3) is 4.19. The van der Waals surface area contributed by atoms with Crippen molar-refractivity contribution in [3.8, 4) is 5.75 Å². The maximum absolute atomic E-state index is 12.6. The van der Waals surface area contributed by atoms with Crippen LogP contribution >= 0.6 is 11.6 Å². The molecule has 1 heterocycles. The minimum Gasteiger partial charge on any atom is -0.481 e. The molecule has 0 saturated heterocycles. The Morgan fingerprint density at radius 2 is 2.05 bits per heavy atom. The van der Waals surface area contributed by atoms with Crippen molar-refractivity contribution in [1.82, 2.24) is 4.98 Å². The summed E-state index contributed by atoms with van der Waals surface area (Å²) in [5, 5.41) is 7.89. The highest BCUT2D eigenvalue weighted by Crippen LogP contribution is 2.38. The number of ether oxygens (including phenoxy) is 1. The van der Waals surface area contributed by atoms with Crippen molar-refractivity contribution >= 4 is 17.6 Å². The molecule has 0 atom stereocenters. The molecule has 4 nitrogen and oxygen atoms in total. The summed E-state index contributed by atoms with van der Waals surface area (Å²) in [6.07, 6.45) is -9.21. The van der Waals surface area contributed by atoms with Gasteiger partial charge in [0.2, 0.25) is 0 Å². The lowest BCUT2D eigenvalue weighted by Crippen LogP contribution is -2.20. The molecule has 0 aliphatic heterocycles. The van der Waals surface area contributed by atoms with Crippen LogP contribution < -0.4 is 4.74 Å². The predicted octanol–water partition coefficient (Wildman–Crippen LogP) is 3.20. The monoisotopic (exact) mass is 305 g/mol. The van der Waals surface area contributed by atoms with Gasteiger partial charge in [-0.2, -0.15) is 0 Å². The van der Waals surface area contributed by atoms with Crippen LogP contribution in [0.25, 0.3) is 0 Å². The lowest BCUT2D eigenvalue weighted by atomic mass is 10.1. The van der Waals surface area contributed by atoms with Gasteiger partial charge in [0.1, 0.15) is 10.9 Å². The van der Waals surface area contributed by atoms with Crippen molar-refractivity contribution in [3.63, 3.8) is 0 Å². The number of halogens is 6. The number of alkyl halides is 5. The van der Waals surface area contributed by atoms with Crippen LogP contribution in [0.3, 0.4) is 0 Å². The van der Waals surface area contributed by atoms with E-state index in [0.29, 0.717) is 6.20 Å². The first-order valence-corrected chi connectivity index (χ1v) is 4.92.